The molecular weight excluding hydrogens is 295 g/mol. The SMILES string of the molecule is CC(O)(CNC(=O)CCCc1ccccn1)c1ccc(F)cc1. The highest BCUT2D eigenvalue weighted by atomic mass is 19.1. The Morgan fingerprint density at radius 1 is 1.26 bits per heavy atom. The molecule has 0 spiro atoms. The number of hydrogen-bond acceptors (Lipinski definition) is 3. The maximum Gasteiger partial charge on any atom is 0.220 e. The normalized spacial score (nSPS) is 13.3. The van der Waals surface area contributed by atoms with Crippen LogP contribution in [0.3, 0.4) is 0 Å². The molecule has 0 aliphatic rings. The molecule has 1 aromatic heterocycles. The first-order chi connectivity index (χ1) is 11.0. The third-order valence-electron chi connectivity index (χ3n) is 3.66. The van der Waals surface area contributed by atoms with Crippen molar-refractivity contribution in [1.29, 1.82) is 0 Å². The molecule has 1 aromatic carbocycles. The van der Waals surface area contributed by atoms with Gasteiger partial charge >= 0.3 is 0 Å². The molecule has 2 rings (SSSR count). The Labute approximate surface area is 135 Å². The molecule has 0 saturated heterocycles. The maximum atomic E-state index is 12.9. The first-order valence-electron chi connectivity index (χ1n) is 7.62. The Hall–Kier alpha value is -2.27. The van der Waals surface area contributed by atoms with Crippen molar-refractivity contribution in [3.8, 4) is 0 Å². The summed E-state index contributed by atoms with van der Waals surface area (Å²) in [7, 11) is 0. The molecule has 1 heterocycles. The maximum absolute atomic E-state index is 12.9. The molecule has 4 nitrogen and oxygen atoms in total. The van der Waals surface area contributed by atoms with E-state index < -0.39 is 5.60 Å². The number of carbonyl (C=O) groups is 1. The minimum Gasteiger partial charge on any atom is -0.384 e. The Bertz CT molecular complexity index is 627. The van der Waals surface area contributed by atoms with Crippen molar-refractivity contribution in [2.24, 2.45) is 0 Å². The van der Waals surface area contributed by atoms with Gasteiger partial charge in [-0.1, -0.05) is 18.2 Å². The highest BCUT2D eigenvalue weighted by Crippen LogP contribution is 2.19. The van der Waals surface area contributed by atoms with E-state index in [2.05, 4.69) is 10.3 Å². The summed E-state index contributed by atoms with van der Waals surface area (Å²) in [6.07, 6.45) is 3.54. The lowest BCUT2D eigenvalue weighted by molar-refractivity contribution is -0.122. The van der Waals surface area contributed by atoms with E-state index in [1.165, 1.54) is 24.3 Å². The number of nitrogens with one attached hydrogen (secondary N) is 1. The summed E-state index contributed by atoms with van der Waals surface area (Å²) in [6.45, 7) is 1.68. The van der Waals surface area contributed by atoms with E-state index in [-0.39, 0.29) is 18.3 Å². The van der Waals surface area contributed by atoms with Gasteiger partial charge in [0.15, 0.2) is 0 Å². The molecule has 1 atom stereocenters. The van der Waals surface area contributed by atoms with Crippen molar-refractivity contribution in [3.05, 3.63) is 65.7 Å². The average Bonchev–Trinajstić information content (AvgIpc) is 2.54. The number of aliphatic hydroxyl groups is 1. The fourth-order valence-corrected chi connectivity index (χ4v) is 2.25. The quantitative estimate of drug-likeness (QED) is 0.825. The first-order valence-corrected chi connectivity index (χ1v) is 7.62. The zero-order chi connectivity index (χ0) is 16.7. The van der Waals surface area contributed by atoms with E-state index >= 15 is 0 Å². The highest BCUT2D eigenvalue weighted by Gasteiger charge is 2.23. The number of rotatable bonds is 7. The van der Waals surface area contributed by atoms with Gasteiger partial charge in [0, 0.05) is 18.3 Å². The van der Waals surface area contributed by atoms with Gasteiger partial charge in [0.2, 0.25) is 5.91 Å². The van der Waals surface area contributed by atoms with Crippen LogP contribution >= 0.6 is 0 Å². The molecule has 2 aromatic rings. The number of carbonyl (C=O) groups excluding carboxylic acids is 1. The predicted molar refractivity (Wildman–Crippen MR) is 86.2 cm³/mol. The van der Waals surface area contributed by atoms with Gasteiger partial charge in [0.05, 0.1) is 6.54 Å². The van der Waals surface area contributed by atoms with Gasteiger partial charge < -0.3 is 10.4 Å². The third-order valence-corrected chi connectivity index (χ3v) is 3.66. The van der Waals surface area contributed by atoms with Crippen LogP contribution < -0.4 is 5.32 Å². The Balaban J connectivity index is 1.76. The number of aryl methyl sites for hydroxylation is 1. The standard InChI is InChI=1S/C18H21FN2O2/c1-18(23,14-8-10-15(19)11-9-14)13-21-17(22)7-4-6-16-5-2-3-12-20-16/h2-3,5,8-12,23H,4,6-7,13H2,1H3,(H,21,22). The fourth-order valence-electron chi connectivity index (χ4n) is 2.25. The van der Waals surface area contributed by atoms with Gasteiger partial charge in [-0.2, -0.15) is 0 Å². The van der Waals surface area contributed by atoms with Crippen LogP contribution in [0.25, 0.3) is 0 Å². The second-order valence-electron chi connectivity index (χ2n) is 5.73. The van der Waals surface area contributed by atoms with E-state index in [1.807, 2.05) is 18.2 Å². The number of amides is 1. The van der Waals surface area contributed by atoms with Gasteiger partial charge in [0.25, 0.3) is 0 Å². The number of aromatic nitrogens is 1. The molecule has 122 valence electrons. The largest absolute Gasteiger partial charge is 0.384 e. The van der Waals surface area contributed by atoms with Crippen molar-refractivity contribution in [2.75, 3.05) is 6.54 Å². The smallest absolute Gasteiger partial charge is 0.220 e. The third kappa shape index (κ3) is 5.45. The van der Waals surface area contributed by atoms with Crippen molar-refractivity contribution < 1.29 is 14.3 Å². The minimum absolute atomic E-state index is 0.0844. The van der Waals surface area contributed by atoms with E-state index in [9.17, 15) is 14.3 Å². The molecule has 2 N–H and O–H groups in total. The lowest BCUT2D eigenvalue weighted by Gasteiger charge is -2.24. The van der Waals surface area contributed by atoms with Crippen LogP contribution in [0.2, 0.25) is 0 Å². The van der Waals surface area contributed by atoms with Gasteiger partial charge in [0.1, 0.15) is 11.4 Å². The number of benzene rings is 1. The summed E-state index contributed by atoms with van der Waals surface area (Å²) in [6, 6.07) is 11.3. The second-order valence-corrected chi connectivity index (χ2v) is 5.73. The van der Waals surface area contributed by atoms with Crippen LogP contribution in [0.1, 0.15) is 31.0 Å². The van der Waals surface area contributed by atoms with E-state index in [0.717, 1.165) is 12.1 Å². The molecule has 0 radical (unpaired) electrons. The predicted octanol–water partition coefficient (Wildman–Crippen LogP) is 2.57. The van der Waals surface area contributed by atoms with Crippen molar-refractivity contribution in [3.63, 3.8) is 0 Å². The fraction of sp³-hybridized carbons (Fsp3) is 0.333. The molecule has 0 aliphatic carbocycles. The molecule has 1 amide bonds. The Morgan fingerprint density at radius 3 is 2.65 bits per heavy atom. The summed E-state index contributed by atoms with van der Waals surface area (Å²) in [5, 5.41) is 13.1. The van der Waals surface area contributed by atoms with Crippen LogP contribution in [-0.2, 0) is 16.8 Å². The van der Waals surface area contributed by atoms with Crippen LogP contribution in [0.5, 0.6) is 0 Å². The van der Waals surface area contributed by atoms with Crippen molar-refractivity contribution in [1.82, 2.24) is 10.3 Å². The number of hydrogen-bond donors (Lipinski definition) is 2. The van der Waals surface area contributed by atoms with Crippen LogP contribution in [-0.4, -0.2) is 22.5 Å². The van der Waals surface area contributed by atoms with Gasteiger partial charge in [-0.3, -0.25) is 9.78 Å². The van der Waals surface area contributed by atoms with Crippen LogP contribution in [0.15, 0.2) is 48.7 Å². The highest BCUT2D eigenvalue weighted by molar-refractivity contribution is 5.75. The summed E-state index contributed by atoms with van der Waals surface area (Å²) in [5.41, 5.74) is 0.288. The summed E-state index contributed by atoms with van der Waals surface area (Å²) < 4.78 is 12.9. The van der Waals surface area contributed by atoms with Crippen molar-refractivity contribution in [2.45, 2.75) is 31.8 Å². The first kappa shape index (κ1) is 17.1. The molecule has 0 bridgehead atoms. The summed E-state index contributed by atoms with van der Waals surface area (Å²) in [4.78, 5) is 16.1. The summed E-state index contributed by atoms with van der Waals surface area (Å²) >= 11 is 0. The number of nitrogens with zero attached hydrogens (tertiary/aromatic N) is 1. The topological polar surface area (TPSA) is 62.2 Å². The molecule has 0 fully saturated rings. The van der Waals surface area contributed by atoms with E-state index in [0.29, 0.717) is 18.4 Å². The number of pyridine rings is 1. The van der Waals surface area contributed by atoms with E-state index in [1.54, 1.807) is 13.1 Å². The monoisotopic (exact) mass is 316 g/mol. The number of halogens is 1. The van der Waals surface area contributed by atoms with Gasteiger partial charge in [-0.05, 0) is 49.6 Å². The Morgan fingerprint density at radius 2 is 2.00 bits per heavy atom. The zero-order valence-corrected chi connectivity index (χ0v) is 13.1. The molecule has 1 unspecified atom stereocenters. The average molecular weight is 316 g/mol. The Kier molecular flexibility index (Phi) is 5.82. The van der Waals surface area contributed by atoms with Gasteiger partial charge in [-0.25, -0.2) is 4.39 Å². The summed E-state index contributed by atoms with van der Waals surface area (Å²) in [5.74, 6) is -0.480. The molecular formula is C18H21FN2O2. The molecule has 0 saturated carbocycles. The molecule has 0 aliphatic heterocycles. The lowest BCUT2D eigenvalue weighted by atomic mass is 9.96. The van der Waals surface area contributed by atoms with Crippen molar-refractivity contribution >= 4 is 5.91 Å². The van der Waals surface area contributed by atoms with Crippen LogP contribution in [0.4, 0.5) is 4.39 Å². The second kappa shape index (κ2) is 7.83. The lowest BCUT2D eigenvalue weighted by Crippen LogP contribution is -2.38. The zero-order valence-electron chi connectivity index (χ0n) is 13.1. The van der Waals surface area contributed by atoms with Crippen LogP contribution in [0, 0.1) is 5.82 Å². The molecule has 23 heavy (non-hydrogen) atoms. The van der Waals surface area contributed by atoms with Gasteiger partial charge in [-0.15, -0.1) is 0 Å². The molecule has 5 heteroatoms. The minimum atomic E-state index is -1.23. The van der Waals surface area contributed by atoms with E-state index in [4.69, 9.17) is 0 Å².